The third-order valence-electron chi connectivity index (χ3n) is 5.49. The summed E-state index contributed by atoms with van der Waals surface area (Å²) in [5.41, 5.74) is 2.29. The molecule has 1 saturated carbocycles. The Kier molecular flexibility index (Phi) is 7.33. The second-order valence-electron chi connectivity index (χ2n) is 7.78. The predicted octanol–water partition coefficient (Wildman–Crippen LogP) is 6.80. The van der Waals surface area contributed by atoms with Gasteiger partial charge in [-0.05, 0) is 61.7 Å². The Morgan fingerprint density at radius 3 is 2.69 bits per heavy atom. The Morgan fingerprint density at radius 2 is 1.97 bits per heavy atom. The molecule has 1 atom stereocenters. The molecule has 0 saturated heterocycles. The minimum Gasteiger partial charge on any atom is -0.495 e. The van der Waals surface area contributed by atoms with Crippen LogP contribution in [0.5, 0.6) is 5.75 Å². The van der Waals surface area contributed by atoms with Crippen LogP contribution in [-0.4, -0.2) is 22.3 Å². The number of halogens is 2. The van der Waals surface area contributed by atoms with Crippen LogP contribution >= 0.6 is 22.9 Å². The van der Waals surface area contributed by atoms with Gasteiger partial charge in [-0.15, -0.1) is 0 Å². The van der Waals surface area contributed by atoms with E-state index in [1.807, 2.05) is 19.1 Å². The number of methoxy groups -OCH3 is 1. The van der Waals surface area contributed by atoms with E-state index in [4.69, 9.17) is 21.3 Å². The summed E-state index contributed by atoms with van der Waals surface area (Å²) in [4.78, 5) is 6.23. The highest BCUT2D eigenvalue weighted by Gasteiger charge is 2.19. The van der Waals surface area contributed by atoms with Crippen molar-refractivity contribution in [1.29, 1.82) is 0 Å². The molecule has 2 N–H and O–H groups in total. The summed E-state index contributed by atoms with van der Waals surface area (Å²) in [5, 5.41) is 4.46. The second-order valence-corrected chi connectivity index (χ2v) is 10.4. The molecule has 32 heavy (non-hydrogen) atoms. The van der Waals surface area contributed by atoms with Gasteiger partial charge in [-0.1, -0.05) is 42.2 Å². The predicted molar refractivity (Wildman–Crippen MR) is 131 cm³/mol. The maximum absolute atomic E-state index is 13.4. The van der Waals surface area contributed by atoms with Crippen molar-refractivity contribution < 1.29 is 13.3 Å². The normalized spacial score (nSPS) is 15.4. The van der Waals surface area contributed by atoms with Gasteiger partial charge in [0.15, 0.2) is 16.1 Å². The molecule has 170 valence electrons. The monoisotopic (exact) mass is 493 g/mol. The fourth-order valence-electron chi connectivity index (χ4n) is 3.83. The first-order valence-electron chi connectivity index (χ1n) is 10.5. The Labute approximate surface area is 199 Å². The number of aromatic nitrogens is 1. The number of hydrogen-bond acceptors (Lipinski definition) is 5. The number of hydrogen-bond donors (Lipinski definition) is 2. The topological polar surface area (TPSA) is 63.2 Å². The Bertz CT molecular complexity index is 1130. The zero-order chi connectivity index (χ0) is 22.7. The summed E-state index contributed by atoms with van der Waals surface area (Å²) in [6.07, 6.45) is 6.19. The van der Waals surface area contributed by atoms with Gasteiger partial charge in [0.1, 0.15) is 16.5 Å². The standard InChI is InChI=1S/C23H25ClFN3O2S2/c1-14-22(31-23(26-14)27-16-6-4-3-5-7-16)15-8-11-20(30-2)21(12-15)32(29)28-17-9-10-19(25)18(24)13-17/h8-13,16,28H,3-7H2,1-2H3,(H,26,27). The highest BCUT2D eigenvalue weighted by atomic mass is 35.5. The van der Waals surface area contributed by atoms with E-state index in [9.17, 15) is 8.60 Å². The molecule has 1 fully saturated rings. The van der Waals surface area contributed by atoms with E-state index in [-0.39, 0.29) is 5.02 Å². The van der Waals surface area contributed by atoms with Crippen molar-refractivity contribution in [3.63, 3.8) is 0 Å². The minimum absolute atomic E-state index is 0.0361. The summed E-state index contributed by atoms with van der Waals surface area (Å²) >= 11 is 7.45. The van der Waals surface area contributed by atoms with Crippen molar-refractivity contribution in [2.24, 2.45) is 0 Å². The maximum atomic E-state index is 13.4. The van der Waals surface area contributed by atoms with Crippen molar-refractivity contribution in [3.8, 4) is 16.2 Å². The number of nitrogens with one attached hydrogen (secondary N) is 2. The maximum Gasteiger partial charge on any atom is 0.183 e. The number of benzene rings is 2. The molecule has 0 bridgehead atoms. The summed E-state index contributed by atoms with van der Waals surface area (Å²) in [5.74, 6) is -0.0311. The average molecular weight is 494 g/mol. The number of anilines is 2. The van der Waals surface area contributed by atoms with Gasteiger partial charge in [-0.3, -0.25) is 0 Å². The molecular formula is C23H25ClFN3O2S2. The Balaban J connectivity index is 1.58. The van der Waals surface area contributed by atoms with Gasteiger partial charge in [-0.25, -0.2) is 13.6 Å². The van der Waals surface area contributed by atoms with Gasteiger partial charge < -0.3 is 14.8 Å². The smallest absolute Gasteiger partial charge is 0.183 e. The van der Waals surface area contributed by atoms with Gasteiger partial charge in [0.2, 0.25) is 0 Å². The second kappa shape index (κ2) is 10.2. The van der Waals surface area contributed by atoms with E-state index in [0.717, 1.165) is 21.3 Å². The zero-order valence-electron chi connectivity index (χ0n) is 17.9. The molecule has 9 heteroatoms. The third-order valence-corrected chi connectivity index (χ3v) is 8.05. The van der Waals surface area contributed by atoms with Crippen LogP contribution in [0.2, 0.25) is 5.02 Å². The van der Waals surface area contributed by atoms with Crippen LogP contribution < -0.4 is 14.8 Å². The van der Waals surface area contributed by atoms with E-state index in [2.05, 4.69) is 10.0 Å². The Morgan fingerprint density at radius 1 is 1.19 bits per heavy atom. The van der Waals surface area contributed by atoms with Crippen molar-refractivity contribution in [3.05, 3.63) is 52.9 Å². The first kappa shape index (κ1) is 23.0. The van der Waals surface area contributed by atoms with Crippen LogP contribution in [0, 0.1) is 12.7 Å². The first-order valence-corrected chi connectivity index (χ1v) is 12.8. The minimum atomic E-state index is -1.64. The molecule has 1 aliphatic rings. The summed E-state index contributed by atoms with van der Waals surface area (Å²) in [6, 6.07) is 10.2. The van der Waals surface area contributed by atoms with Gasteiger partial charge >= 0.3 is 0 Å². The summed E-state index contributed by atoms with van der Waals surface area (Å²) < 4.78 is 34.8. The Hall–Kier alpha value is -2.16. The van der Waals surface area contributed by atoms with Crippen LogP contribution in [0.1, 0.15) is 37.8 Å². The average Bonchev–Trinajstić information content (AvgIpc) is 3.16. The van der Waals surface area contributed by atoms with E-state index in [0.29, 0.717) is 22.4 Å². The van der Waals surface area contributed by atoms with Crippen LogP contribution in [0.3, 0.4) is 0 Å². The lowest BCUT2D eigenvalue weighted by Crippen LogP contribution is -2.21. The number of nitrogens with zero attached hydrogens (tertiary/aromatic N) is 1. The number of thiazole rings is 1. The highest BCUT2D eigenvalue weighted by Crippen LogP contribution is 2.37. The lowest BCUT2D eigenvalue weighted by Gasteiger charge is -2.22. The van der Waals surface area contributed by atoms with Crippen molar-refractivity contribution in [1.82, 2.24) is 4.98 Å². The molecule has 3 aromatic rings. The molecule has 0 amide bonds. The molecule has 1 aromatic heterocycles. The largest absolute Gasteiger partial charge is 0.495 e. The molecule has 1 aliphatic carbocycles. The molecule has 4 rings (SSSR count). The van der Waals surface area contributed by atoms with Crippen molar-refractivity contribution in [2.45, 2.75) is 50.0 Å². The van der Waals surface area contributed by atoms with Crippen molar-refractivity contribution >= 4 is 44.7 Å². The van der Waals surface area contributed by atoms with Crippen LogP contribution in [0.4, 0.5) is 15.2 Å². The number of rotatable bonds is 7. The molecule has 0 aliphatic heterocycles. The highest BCUT2D eigenvalue weighted by molar-refractivity contribution is 7.86. The fourth-order valence-corrected chi connectivity index (χ4v) is 6.07. The molecule has 1 heterocycles. The third kappa shape index (κ3) is 5.24. The van der Waals surface area contributed by atoms with Crippen molar-refractivity contribution in [2.75, 3.05) is 17.1 Å². The summed E-state index contributed by atoms with van der Waals surface area (Å²) in [6.45, 7) is 1.98. The van der Waals surface area contributed by atoms with Crippen LogP contribution in [-0.2, 0) is 11.0 Å². The molecular weight excluding hydrogens is 469 g/mol. The van der Waals surface area contributed by atoms with E-state index in [1.54, 1.807) is 17.4 Å². The van der Waals surface area contributed by atoms with Crippen LogP contribution in [0.25, 0.3) is 10.4 Å². The first-order chi connectivity index (χ1) is 15.4. The number of aryl methyl sites for hydroxylation is 1. The van der Waals surface area contributed by atoms with Crippen LogP contribution in [0.15, 0.2) is 41.3 Å². The zero-order valence-corrected chi connectivity index (χ0v) is 20.3. The van der Waals surface area contributed by atoms with E-state index in [1.165, 1.54) is 57.4 Å². The molecule has 1 unspecified atom stereocenters. The van der Waals surface area contributed by atoms with Gasteiger partial charge in [0.25, 0.3) is 0 Å². The lowest BCUT2D eigenvalue weighted by atomic mass is 9.96. The molecule has 0 spiro atoms. The fraction of sp³-hybridized carbons (Fsp3) is 0.348. The van der Waals surface area contributed by atoms with Gasteiger partial charge in [0.05, 0.1) is 22.7 Å². The van der Waals surface area contributed by atoms with E-state index >= 15 is 0 Å². The van der Waals surface area contributed by atoms with E-state index < -0.39 is 16.8 Å². The molecule has 2 aromatic carbocycles. The van der Waals surface area contributed by atoms with Gasteiger partial charge in [-0.2, -0.15) is 0 Å². The SMILES string of the molecule is COc1ccc(-c2sc(NC3CCCCC3)nc2C)cc1S(=O)Nc1ccc(F)c(Cl)c1. The lowest BCUT2D eigenvalue weighted by molar-refractivity contribution is 0.404. The van der Waals surface area contributed by atoms with Gasteiger partial charge in [0, 0.05) is 11.7 Å². The summed E-state index contributed by atoms with van der Waals surface area (Å²) in [7, 11) is -0.101. The number of ether oxygens (including phenoxy) is 1. The quantitative estimate of drug-likeness (QED) is 0.380. The molecule has 5 nitrogen and oxygen atoms in total. The molecule has 0 radical (unpaired) electrons.